The number of hydrogen-bond donors (Lipinski definition) is 2. The smallest absolute Gasteiger partial charge is 0.366 e. The van der Waals surface area contributed by atoms with Crippen molar-refractivity contribution in [3.8, 4) is 0 Å². The average molecular weight is 601 g/mol. The molecule has 2 bridgehead atoms. The standard InChI is InChI=1S/C27H29ClF4N4O3S/c1-24(2)21(22(37)33-11-10-27(30,31)32)34-23(35-24)25-14-26(15-25,16-25)36(13-17-8-9-18(28)12-20(17)29)40(38,39)19-6-4-3-5-7-19/h3-9,12,21H,10-11,13-16H2,1-2H3,(H,33,37)(H,34,35)/t21-,25?,26?/m0/s1. The van der Waals surface area contributed by atoms with Crippen molar-refractivity contribution >= 4 is 33.4 Å². The Morgan fingerprint density at radius 1 is 1.15 bits per heavy atom. The minimum atomic E-state index is -4.38. The normalized spacial score (nSPS) is 26.9. The van der Waals surface area contributed by atoms with Crippen LogP contribution in [-0.2, 0) is 21.4 Å². The molecule has 2 aromatic carbocycles. The first-order valence-electron chi connectivity index (χ1n) is 12.8. The van der Waals surface area contributed by atoms with Crippen LogP contribution in [0.5, 0.6) is 0 Å². The Morgan fingerprint density at radius 3 is 2.40 bits per heavy atom. The average Bonchev–Trinajstić information content (AvgIpc) is 3.12. The number of benzene rings is 2. The summed E-state index contributed by atoms with van der Waals surface area (Å²) in [6, 6.07) is 11.1. The van der Waals surface area contributed by atoms with Gasteiger partial charge in [-0.25, -0.2) is 12.8 Å². The third-order valence-corrected chi connectivity index (χ3v) is 10.2. The molecule has 2 N–H and O–H groups in total. The van der Waals surface area contributed by atoms with E-state index in [4.69, 9.17) is 11.6 Å². The molecule has 7 nitrogen and oxygen atoms in total. The third-order valence-electron chi connectivity index (χ3n) is 8.03. The van der Waals surface area contributed by atoms with Gasteiger partial charge in [0.25, 0.3) is 0 Å². The Hall–Kier alpha value is -2.70. The van der Waals surface area contributed by atoms with E-state index in [-0.39, 0.29) is 22.0 Å². The number of aliphatic imine (C=N–C) groups is 1. The molecule has 0 spiro atoms. The summed E-state index contributed by atoms with van der Waals surface area (Å²) >= 11 is 5.90. The molecule has 0 saturated heterocycles. The van der Waals surface area contributed by atoms with Crippen molar-refractivity contribution in [1.29, 1.82) is 0 Å². The van der Waals surface area contributed by atoms with Gasteiger partial charge in [0.15, 0.2) is 6.04 Å². The number of halogens is 5. The number of hydrogen-bond acceptors (Lipinski definition) is 5. The largest absolute Gasteiger partial charge is 0.390 e. The summed E-state index contributed by atoms with van der Waals surface area (Å²) in [6.45, 7) is 2.76. The van der Waals surface area contributed by atoms with Crippen molar-refractivity contribution in [2.75, 3.05) is 6.54 Å². The number of amidine groups is 1. The zero-order valence-electron chi connectivity index (χ0n) is 21.9. The first kappa shape index (κ1) is 28.8. The molecule has 0 aromatic heterocycles. The van der Waals surface area contributed by atoms with E-state index in [0.717, 1.165) is 6.07 Å². The summed E-state index contributed by atoms with van der Waals surface area (Å²) in [5.74, 6) is -0.667. The second-order valence-corrected chi connectivity index (χ2v) is 13.8. The van der Waals surface area contributed by atoms with E-state index in [1.807, 2.05) is 0 Å². The third kappa shape index (κ3) is 5.09. The van der Waals surface area contributed by atoms with Crippen LogP contribution in [0.3, 0.4) is 0 Å². The summed E-state index contributed by atoms with van der Waals surface area (Å²) in [6.07, 6.45) is -4.29. The Morgan fingerprint density at radius 2 is 1.80 bits per heavy atom. The Labute approximate surface area is 235 Å². The van der Waals surface area contributed by atoms with Crippen LogP contribution in [0.1, 0.15) is 45.1 Å². The minimum absolute atomic E-state index is 0.0937. The van der Waals surface area contributed by atoms with Gasteiger partial charge in [-0.1, -0.05) is 35.9 Å². The highest BCUT2D eigenvalue weighted by atomic mass is 35.5. The SMILES string of the molecule is CC1(C)NC(C23CC(N(Cc4ccc(Cl)cc4F)S(=O)(=O)c4ccccc4)(C2)C3)=N[C@H]1C(=O)NCCC(F)(F)F. The molecule has 216 valence electrons. The second-order valence-electron chi connectivity index (χ2n) is 11.5. The lowest BCUT2D eigenvalue weighted by Gasteiger charge is -2.73. The summed E-state index contributed by atoms with van der Waals surface area (Å²) in [4.78, 5) is 17.4. The maximum absolute atomic E-state index is 14.8. The molecule has 1 aliphatic heterocycles. The van der Waals surface area contributed by atoms with E-state index in [9.17, 15) is 30.8 Å². The molecule has 1 atom stereocenters. The summed E-state index contributed by atoms with van der Waals surface area (Å²) in [5.41, 5.74) is -1.93. The van der Waals surface area contributed by atoms with Gasteiger partial charge in [-0.05, 0) is 57.4 Å². The quantitative estimate of drug-likeness (QED) is 0.404. The number of carbonyl (C=O) groups excluding carboxylic acids is 1. The van der Waals surface area contributed by atoms with Gasteiger partial charge in [-0.3, -0.25) is 9.79 Å². The van der Waals surface area contributed by atoms with Crippen LogP contribution in [-0.4, -0.2) is 54.3 Å². The minimum Gasteiger partial charge on any atom is -0.366 e. The van der Waals surface area contributed by atoms with Crippen molar-refractivity contribution in [3.63, 3.8) is 0 Å². The molecule has 1 amide bonds. The van der Waals surface area contributed by atoms with E-state index in [1.165, 1.54) is 28.6 Å². The number of sulfonamides is 1. The van der Waals surface area contributed by atoms with Gasteiger partial charge in [-0.2, -0.15) is 17.5 Å². The fourth-order valence-electron chi connectivity index (χ4n) is 6.06. The summed E-state index contributed by atoms with van der Waals surface area (Å²) in [5, 5.41) is 5.79. The van der Waals surface area contributed by atoms with Crippen LogP contribution in [0.2, 0.25) is 5.02 Å². The monoisotopic (exact) mass is 600 g/mol. The van der Waals surface area contributed by atoms with Crippen LogP contribution in [0, 0.1) is 11.2 Å². The van der Waals surface area contributed by atoms with E-state index >= 15 is 0 Å². The first-order chi connectivity index (χ1) is 18.6. The fraction of sp³-hybridized carbons (Fsp3) is 0.481. The Kier molecular flexibility index (Phi) is 6.99. The lowest BCUT2D eigenvalue weighted by molar-refractivity contribution is -0.151. The van der Waals surface area contributed by atoms with Gasteiger partial charge in [0.1, 0.15) is 11.7 Å². The summed E-state index contributed by atoms with van der Waals surface area (Å²) in [7, 11) is -4.01. The summed E-state index contributed by atoms with van der Waals surface area (Å²) < 4.78 is 81.3. The molecule has 6 rings (SSSR count). The van der Waals surface area contributed by atoms with Gasteiger partial charge >= 0.3 is 6.18 Å². The maximum atomic E-state index is 14.8. The number of carbonyl (C=O) groups is 1. The van der Waals surface area contributed by atoms with E-state index in [1.54, 1.807) is 32.0 Å². The van der Waals surface area contributed by atoms with Crippen molar-refractivity contribution < 1.29 is 30.8 Å². The predicted octanol–water partition coefficient (Wildman–Crippen LogP) is 4.81. The first-order valence-corrected chi connectivity index (χ1v) is 14.6. The van der Waals surface area contributed by atoms with Crippen molar-refractivity contribution in [3.05, 3.63) is 64.9 Å². The van der Waals surface area contributed by atoms with E-state index in [2.05, 4.69) is 15.6 Å². The zero-order valence-corrected chi connectivity index (χ0v) is 23.4. The lowest BCUT2D eigenvalue weighted by Crippen LogP contribution is -2.78. The number of amides is 1. The molecular weight excluding hydrogens is 572 g/mol. The van der Waals surface area contributed by atoms with E-state index in [0.29, 0.717) is 25.1 Å². The maximum Gasteiger partial charge on any atom is 0.390 e. The number of alkyl halides is 3. The fourth-order valence-corrected chi connectivity index (χ4v) is 7.99. The molecule has 0 unspecified atom stereocenters. The predicted molar refractivity (Wildman–Crippen MR) is 142 cm³/mol. The molecule has 4 aliphatic rings. The van der Waals surface area contributed by atoms with Crippen LogP contribution in [0.4, 0.5) is 17.6 Å². The molecule has 3 aliphatic carbocycles. The molecule has 1 heterocycles. The highest BCUT2D eigenvalue weighted by Gasteiger charge is 2.75. The van der Waals surface area contributed by atoms with Gasteiger partial charge in [0, 0.05) is 34.6 Å². The van der Waals surface area contributed by atoms with Gasteiger partial charge in [0.05, 0.1) is 16.9 Å². The van der Waals surface area contributed by atoms with E-state index < -0.39 is 63.4 Å². The highest BCUT2D eigenvalue weighted by Crippen LogP contribution is 2.71. The molecule has 3 fully saturated rings. The van der Waals surface area contributed by atoms with Crippen molar-refractivity contribution in [2.45, 2.75) is 74.3 Å². The van der Waals surface area contributed by atoms with Gasteiger partial charge in [-0.15, -0.1) is 0 Å². The zero-order chi connectivity index (χ0) is 29.1. The van der Waals surface area contributed by atoms with Gasteiger partial charge < -0.3 is 10.6 Å². The Bertz CT molecular complexity index is 1440. The number of nitrogens with zero attached hydrogens (tertiary/aromatic N) is 2. The molecule has 13 heteroatoms. The van der Waals surface area contributed by atoms with Crippen LogP contribution < -0.4 is 10.6 Å². The molecule has 2 aromatic rings. The highest BCUT2D eigenvalue weighted by molar-refractivity contribution is 7.89. The number of rotatable bonds is 9. The van der Waals surface area contributed by atoms with Crippen LogP contribution in [0.15, 0.2) is 58.4 Å². The van der Waals surface area contributed by atoms with Crippen molar-refractivity contribution in [1.82, 2.24) is 14.9 Å². The Balaban J connectivity index is 1.37. The molecular formula is C27H29ClF4N4O3S. The number of nitrogens with one attached hydrogen (secondary N) is 2. The molecule has 3 saturated carbocycles. The molecule has 40 heavy (non-hydrogen) atoms. The topological polar surface area (TPSA) is 90.9 Å². The van der Waals surface area contributed by atoms with Crippen molar-refractivity contribution in [2.24, 2.45) is 10.4 Å². The van der Waals surface area contributed by atoms with Crippen LogP contribution in [0.25, 0.3) is 0 Å². The second kappa shape index (κ2) is 9.70. The van der Waals surface area contributed by atoms with Crippen LogP contribution >= 0.6 is 11.6 Å². The van der Waals surface area contributed by atoms with Gasteiger partial charge in [0.2, 0.25) is 15.9 Å². The lowest BCUT2D eigenvalue weighted by atomic mass is 9.38. The molecule has 0 radical (unpaired) electrons.